The predicted octanol–water partition coefficient (Wildman–Crippen LogP) is 8.69. The Balaban J connectivity index is -0.000000270. The van der Waals surface area contributed by atoms with E-state index in [2.05, 4.69) is 24.1 Å². The number of carbonyl (C=O) groups is 3. The fourth-order valence-corrected chi connectivity index (χ4v) is 3.44. The maximum atomic E-state index is 12.7. The molecule has 1 unspecified atom stereocenters. The van der Waals surface area contributed by atoms with E-state index in [0.717, 1.165) is 23.0 Å². The Labute approximate surface area is 288 Å². The molecule has 0 aliphatic heterocycles. The SMILES string of the molecule is C=O.CC.CC.CC(C)=O.CCc1cccc(F)c1O.CNCC(C)(C)COCC(C)COC(C)=O.Cc1cc2cc(F)ccc2cn1. The highest BCUT2D eigenvalue weighted by molar-refractivity contribution is 5.81. The average molecular weight is 681 g/mol. The number of nitrogens with one attached hydrogen (secondary N) is 1. The lowest BCUT2D eigenvalue weighted by Gasteiger charge is -2.24. The number of phenols is 1. The first-order valence-corrected chi connectivity index (χ1v) is 16.2. The van der Waals surface area contributed by atoms with Gasteiger partial charge in [-0.1, -0.05) is 67.5 Å². The number of nitrogens with zero attached hydrogens (tertiary/aromatic N) is 1. The fraction of sp³-hybridized carbons (Fsp3) is 0.526. The second-order valence-electron chi connectivity index (χ2n) is 10.9. The Hall–Kier alpha value is -3.76. The molecule has 2 aromatic carbocycles. The van der Waals surface area contributed by atoms with E-state index in [1.54, 1.807) is 24.4 Å². The summed E-state index contributed by atoms with van der Waals surface area (Å²) in [5.74, 6) is -0.783. The van der Waals surface area contributed by atoms with E-state index in [9.17, 15) is 18.4 Å². The maximum absolute atomic E-state index is 12.7. The molecule has 0 saturated heterocycles. The molecule has 1 heterocycles. The number of esters is 1. The van der Waals surface area contributed by atoms with Gasteiger partial charge < -0.3 is 29.5 Å². The molecule has 0 spiro atoms. The summed E-state index contributed by atoms with van der Waals surface area (Å²) in [6.45, 7) is 27.2. The highest BCUT2D eigenvalue weighted by Crippen LogP contribution is 2.20. The topological polar surface area (TPSA) is 115 Å². The Morgan fingerprint density at radius 2 is 1.54 bits per heavy atom. The lowest BCUT2D eigenvalue weighted by atomic mass is 9.95. The standard InChI is InChI=1S/C12H25NO3.C10H8FN.C8H9FO.C3H6O.2C2H6.CH2O/c1-10(7-16-11(2)14)6-15-9-12(3,4)8-13-5;1-7-4-9-5-10(11)3-2-8(9)6-12-7;1-2-6-4-3-5-7(9)8(6)10;1-3(2)4;3*1-2/h10,13H,6-9H2,1-5H3;2-6H,1H3;3-5,10H,2H2,1H3;1-2H3;2*1-2H3;1H2. The fourth-order valence-electron chi connectivity index (χ4n) is 3.44. The number of ketones is 1. The van der Waals surface area contributed by atoms with Crippen LogP contribution in [0, 0.1) is 29.9 Å². The molecule has 48 heavy (non-hydrogen) atoms. The Kier molecular flexibility index (Phi) is 33.9. The van der Waals surface area contributed by atoms with Crippen molar-refractivity contribution in [1.82, 2.24) is 10.3 Å². The molecule has 0 saturated carbocycles. The normalized spacial score (nSPS) is 10.1. The summed E-state index contributed by atoms with van der Waals surface area (Å²) >= 11 is 0. The van der Waals surface area contributed by atoms with Crippen LogP contribution >= 0.6 is 0 Å². The van der Waals surface area contributed by atoms with E-state index in [1.165, 1.54) is 39.0 Å². The van der Waals surface area contributed by atoms with Gasteiger partial charge in [0.2, 0.25) is 0 Å². The number of aromatic nitrogens is 1. The van der Waals surface area contributed by atoms with E-state index >= 15 is 0 Å². The molecule has 0 bridgehead atoms. The van der Waals surface area contributed by atoms with E-state index < -0.39 is 5.82 Å². The minimum atomic E-state index is -0.542. The van der Waals surface area contributed by atoms with Crippen LogP contribution in [0.25, 0.3) is 10.8 Å². The summed E-state index contributed by atoms with van der Waals surface area (Å²) in [7, 11) is 1.94. The second kappa shape index (κ2) is 31.8. The van der Waals surface area contributed by atoms with Crippen molar-refractivity contribution in [3.05, 3.63) is 71.6 Å². The lowest BCUT2D eigenvalue weighted by molar-refractivity contribution is -0.142. The highest BCUT2D eigenvalue weighted by Gasteiger charge is 2.17. The largest absolute Gasteiger partial charge is 0.505 e. The van der Waals surface area contributed by atoms with Gasteiger partial charge in [0.1, 0.15) is 18.4 Å². The minimum Gasteiger partial charge on any atom is -0.505 e. The Bertz CT molecular complexity index is 1210. The summed E-state index contributed by atoms with van der Waals surface area (Å²) < 4.78 is 35.8. The lowest BCUT2D eigenvalue weighted by Crippen LogP contribution is -2.32. The number of aromatic hydroxyl groups is 1. The number of aryl methyl sites for hydroxylation is 2. The van der Waals surface area contributed by atoms with Gasteiger partial charge in [0.25, 0.3) is 0 Å². The second-order valence-corrected chi connectivity index (χ2v) is 10.9. The van der Waals surface area contributed by atoms with Gasteiger partial charge in [0.15, 0.2) is 11.6 Å². The molecule has 3 aromatic rings. The molecule has 1 aromatic heterocycles. The van der Waals surface area contributed by atoms with Gasteiger partial charge in [-0.15, -0.1) is 0 Å². The van der Waals surface area contributed by atoms with Crippen LogP contribution in [0.1, 0.15) is 87.4 Å². The number of carbonyl (C=O) groups excluding carboxylic acids is 3. The van der Waals surface area contributed by atoms with E-state index in [-0.39, 0.29) is 34.7 Å². The smallest absolute Gasteiger partial charge is 0.302 e. The van der Waals surface area contributed by atoms with Gasteiger partial charge in [-0.3, -0.25) is 9.78 Å². The van der Waals surface area contributed by atoms with E-state index in [0.29, 0.717) is 31.8 Å². The third kappa shape index (κ3) is 28.5. The molecule has 2 N–H and O–H groups in total. The summed E-state index contributed by atoms with van der Waals surface area (Å²) in [5.41, 5.74) is 1.70. The number of hydrogen-bond acceptors (Lipinski definition) is 8. The molecule has 274 valence electrons. The van der Waals surface area contributed by atoms with Gasteiger partial charge >= 0.3 is 5.97 Å². The zero-order chi connectivity index (χ0) is 38.3. The monoisotopic (exact) mass is 680 g/mol. The highest BCUT2D eigenvalue weighted by atomic mass is 19.1. The Morgan fingerprint density at radius 1 is 0.979 bits per heavy atom. The number of fused-ring (bicyclic) bond motifs is 1. The molecule has 0 fully saturated rings. The molecular formula is C38H62F2N2O6. The van der Waals surface area contributed by atoms with Crippen molar-refractivity contribution in [2.75, 3.05) is 33.4 Å². The zero-order valence-electron chi connectivity index (χ0n) is 31.6. The van der Waals surface area contributed by atoms with Crippen LogP contribution in [-0.4, -0.2) is 62.0 Å². The van der Waals surface area contributed by atoms with Gasteiger partial charge in [-0.05, 0) is 75.5 Å². The summed E-state index contributed by atoms with van der Waals surface area (Å²) in [4.78, 5) is 32.2. The van der Waals surface area contributed by atoms with E-state index in [4.69, 9.17) is 19.4 Å². The van der Waals surface area contributed by atoms with Crippen molar-refractivity contribution in [2.24, 2.45) is 11.3 Å². The molecule has 0 amide bonds. The first-order valence-electron chi connectivity index (χ1n) is 16.2. The third-order valence-corrected chi connectivity index (χ3v) is 5.39. The van der Waals surface area contributed by atoms with Crippen LogP contribution < -0.4 is 5.32 Å². The summed E-state index contributed by atoms with van der Waals surface area (Å²) in [6, 6.07) is 11.1. The van der Waals surface area contributed by atoms with Crippen LogP contribution in [0.2, 0.25) is 0 Å². The predicted molar refractivity (Wildman–Crippen MR) is 194 cm³/mol. The average Bonchev–Trinajstić information content (AvgIpc) is 3.04. The molecule has 0 radical (unpaired) electrons. The van der Waals surface area contributed by atoms with Crippen molar-refractivity contribution in [2.45, 2.75) is 89.5 Å². The number of Topliss-reactive ketones (excluding diaryl/α,β-unsaturated/α-hetero) is 1. The third-order valence-electron chi connectivity index (χ3n) is 5.39. The molecule has 8 nitrogen and oxygen atoms in total. The quantitative estimate of drug-likeness (QED) is 0.216. The van der Waals surface area contributed by atoms with Gasteiger partial charge in [0.05, 0.1) is 19.8 Å². The van der Waals surface area contributed by atoms with Gasteiger partial charge in [0, 0.05) is 42.1 Å². The van der Waals surface area contributed by atoms with Crippen molar-refractivity contribution in [3.63, 3.8) is 0 Å². The Morgan fingerprint density at radius 3 is 2.02 bits per heavy atom. The van der Waals surface area contributed by atoms with Crippen molar-refractivity contribution in [3.8, 4) is 5.75 Å². The number of ether oxygens (including phenoxy) is 2. The van der Waals surface area contributed by atoms with Crippen LogP contribution in [0.4, 0.5) is 8.78 Å². The first-order chi connectivity index (χ1) is 22.6. The number of benzene rings is 2. The molecule has 10 heteroatoms. The zero-order valence-corrected chi connectivity index (χ0v) is 31.6. The van der Waals surface area contributed by atoms with Crippen molar-refractivity contribution < 1.29 is 37.7 Å². The van der Waals surface area contributed by atoms with Crippen LogP contribution in [0.3, 0.4) is 0 Å². The molecule has 0 aliphatic rings. The first kappa shape index (κ1) is 51.1. The summed E-state index contributed by atoms with van der Waals surface area (Å²) in [5, 5.41) is 14.0. The number of halogens is 2. The van der Waals surface area contributed by atoms with Gasteiger partial charge in [-0.2, -0.15) is 0 Å². The van der Waals surface area contributed by atoms with Crippen LogP contribution in [0.15, 0.2) is 48.7 Å². The van der Waals surface area contributed by atoms with Crippen LogP contribution in [-0.2, 0) is 30.3 Å². The van der Waals surface area contributed by atoms with E-state index in [1.807, 2.05) is 68.4 Å². The molecule has 1 atom stereocenters. The van der Waals surface area contributed by atoms with Gasteiger partial charge in [-0.25, -0.2) is 8.78 Å². The number of pyridine rings is 1. The number of phenolic OH excluding ortho intramolecular Hbond substituents is 1. The maximum Gasteiger partial charge on any atom is 0.302 e. The molecule has 0 aliphatic carbocycles. The van der Waals surface area contributed by atoms with Crippen molar-refractivity contribution >= 4 is 29.3 Å². The number of para-hydroxylation sites is 1. The molecular weight excluding hydrogens is 618 g/mol. The number of rotatable bonds is 9. The number of hydrogen-bond donors (Lipinski definition) is 2. The van der Waals surface area contributed by atoms with Crippen molar-refractivity contribution in [1.29, 1.82) is 0 Å². The minimum absolute atomic E-state index is 0.135. The summed E-state index contributed by atoms with van der Waals surface area (Å²) in [6.07, 6.45) is 2.41. The molecule has 3 rings (SSSR count). The van der Waals surface area contributed by atoms with Crippen LogP contribution in [0.5, 0.6) is 5.75 Å².